The Morgan fingerprint density at radius 3 is 2.62 bits per heavy atom. The van der Waals surface area contributed by atoms with Crippen LogP contribution in [0.2, 0.25) is 0 Å². The number of fused-ring (bicyclic) bond motifs is 1. The maximum absolute atomic E-state index is 12.1. The van der Waals surface area contributed by atoms with Crippen LogP contribution in [-0.4, -0.2) is 32.6 Å². The van der Waals surface area contributed by atoms with Crippen molar-refractivity contribution in [3.8, 4) is 0 Å². The van der Waals surface area contributed by atoms with Gasteiger partial charge in [-0.05, 0) is 32.0 Å². The first kappa shape index (κ1) is 11.0. The van der Waals surface area contributed by atoms with Gasteiger partial charge in [-0.3, -0.25) is 4.79 Å². The molecule has 2 aromatic rings. The maximum Gasteiger partial charge on any atom is 0.253 e. The van der Waals surface area contributed by atoms with Gasteiger partial charge in [0, 0.05) is 18.7 Å². The summed E-state index contributed by atoms with van der Waals surface area (Å²) >= 11 is 1.17. The molecule has 16 heavy (non-hydrogen) atoms. The molecule has 0 saturated carbocycles. The molecule has 0 spiro atoms. The summed E-state index contributed by atoms with van der Waals surface area (Å²) in [6.45, 7) is 5.40. The fourth-order valence-electron chi connectivity index (χ4n) is 1.61. The summed E-state index contributed by atoms with van der Waals surface area (Å²) in [6, 6.07) is 5.46. The van der Waals surface area contributed by atoms with E-state index in [0.717, 1.165) is 24.1 Å². The van der Waals surface area contributed by atoms with Crippen molar-refractivity contribution in [3.05, 3.63) is 23.8 Å². The van der Waals surface area contributed by atoms with Crippen LogP contribution in [0.1, 0.15) is 24.2 Å². The second-order valence-corrected chi connectivity index (χ2v) is 3.97. The van der Waals surface area contributed by atoms with Gasteiger partial charge in [0.15, 0.2) is 0 Å². The van der Waals surface area contributed by atoms with Gasteiger partial charge in [-0.25, -0.2) is 0 Å². The third-order valence-corrected chi connectivity index (χ3v) is 3.11. The summed E-state index contributed by atoms with van der Waals surface area (Å²) in [7, 11) is 0. The standard InChI is InChI=1S/C11H13N3OS/c1-3-14(4-2)11(15)8-5-6-9-10(7-8)13-16-12-9/h5-7H,3-4H2,1-2H3. The largest absolute Gasteiger partial charge is 0.339 e. The number of aromatic nitrogens is 2. The molecule has 0 aliphatic heterocycles. The molecular formula is C11H13N3OS. The summed E-state index contributed by atoms with van der Waals surface area (Å²) in [5, 5.41) is 0. The zero-order valence-electron chi connectivity index (χ0n) is 9.30. The van der Waals surface area contributed by atoms with Crippen LogP contribution in [0.4, 0.5) is 0 Å². The van der Waals surface area contributed by atoms with Gasteiger partial charge in [-0.2, -0.15) is 8.75 Å². The van der Waals surface area contributed by atoms with Gasteiger partial charge >= 0.3 is 0 Å². The van der Waals surface area contributed by atoms with E-state index in [9.17, 15) is 4.79 Å². The van der Waals surface area contributed by atoms with Crippen LogP contribution in [0.25, 0.3) is 11.0 Å². The van der Waals surface area contributed by atoms with E-state index in [1.54, 1.807) is 11.0 Å². The number of hydrogen-bond acceptors (Lipinski definition) is 4. The zero-order chi connectivity index (χ0) is 11.5. The molecule has 0 bridgehead atoms. The first-order chi connectivity index (χ1) is 7.76. The smallest absolute Gasteiger partial charge is 0.253 e. The highest BCUT2D eigenvalue weighted by atomic mass is 32.1. The molecule has 0 aliphatic carbocycles. The quantitative estimate of drug-likeness (QED) is 0.819. The molecule has 0 saturated heterocycles. The van der Waals surface area contributed by atoms with Crippen molar-refractivity contribution in [1.29, 1.82) is 0 Å². The topological polar surface area (TPSA) is 46.1 Å². The molecule has 0 unspecified atom stereocenters. The molecule has 0 N–H and O–H groups in total. The average molecular weight is 235 g/mol. The second-order valence-electron chi connectivity index (χ2n) is 3.45. The molecule has 1 aromatic carbocycles. The van der Waals surface area contributed by atoms with Gasteiger partial charge in [0.25, 0.3) is 5.91 Å². The average Bonchev–Trinajstić information content (AvgIpc) is 2.77. The van der Waals surface area contributed by atoms with E-state index in [4.69, 9.17) is 0 Å². The summed E-state index contributed by atoms with van der Waals surface area (Å²) in [5.74, 6) is 0.0555. The van der Waals surface area contributed by atoms with Crippen LogP contribution in [-0.2, 0) is 0 Å². The van der Waals surface area contributed by atoms with Crippen LogP contribution in [0, 0.1) is 0 Å². The first-order valence-electron chi connectivity index (χ1n) is 5.27. The number of amides is 1. The Balaban J connectivity index is 2.35. The van der Waals surface area contributed by atoms with Crippen LogP contribution in [0.15, 0.2) is 18.2 Å². The Hall–Kier alpha value is -1.49. The second kappa shape index (κ2) is 4.57. The highest BCUT2D eigenvalue weighted by Crippen LogP contribution is 2.14. The number of hydrogen-bond donors (Lipinski definition) is 0. The van der Waals surface area contributed by atoms with Gasteiger partial charge in [0.2, 0.25) is 0 Å². The summed E-state index contributed by atoms with van der Waals surface area (Å²) in [4.78, 5) is 13.8. The highest BCUT2D eigenvalue weighted by Gasteiger charge is 2.13. The number of nitrogens with zero attached hydrogens (tertiary/aromatic N) is 3. The molecular weight excluding hydrogens is 222 g/mol. The van der Waals surface area contributed by atoms with E-state index in [2.05, 4.69) is 8.75 Å². The van der Waals surface area contributed by atoms with E-state index in [0.29, 0.717) is 5.56 Å². The number of carbonyl (C=O) groups excluding carboxylic acids is 1. The van der Waals surface area contributed by atoms with Gasteiger partial charge in [0.05, 0.1) is 11.7 Å². The van der Waals surface area contributed by atoms with E-state index in [1.807, 2.05) is 26.0 Å². The van der Waals surface area contributed by atoms with Crippen LogP contribution in [0.3, 0.4) is 0 Å². The molecule has 1 amide bonds. The van der Waals surface area contributed by atoms with Crippen molar-refractivity contribution in [2.45, 2.75) is 13.8 Å². The summed E-state index contributed by atoms with van der Waals surface area (Å²) in [5.41, 5.74) is 2.33. The third kappa shape index (κ3) is 1.90. The van der Waals surface area contributed by atoms with Crippen molar-refractivity contribution in [2.24, 2.45) is 0 Å². The highest BCUT2D eigenvalue weighted by molar-refractivity contribution is 7.00. The monoisotopic (exact) mass is 235 g/mol. The van der Waals surface area contributed by atoms with Crippen LogP contribution in [0.5, 0.6) is 0 Å². The van der Waals surface area contributed by atoms with E-state index < -0.39 is 0 Å². The van der Waals surface area contributed by atoms with Crippen LogP contribution >= 0.6 is 11.7 Å². The van der Waals surface area contributed by atoms with Gasteiger partial charge in [-0.1, -0.05) is 0 Å². The molecule has 2 rings (SSSR count). The lowest BCUT2D eigenvalue weighted by Gasteiger charge is -2.18. The molecule has 0 fully saturated rings. The number of benzene rings is 1. The first-order valence-corrected chi connectivity index (χ1v) is 6.01. The van der Waals surface area contributed by atoms with Crippen molar-refractivity contribution < 1.29 is 4.79 Å². The summed E-state index contributed by atoms with van der Waals surface area (Å²) < 4.78 is 8.24. The Bertz CT molecular complexity index is 505. The predicted octanol–water partition coefficient (Wildman–Crippen LogP) is 2.17. The van der Waals surface area contributed by atoms with Crippen molar-refractivity contribution >= 4 is 28.7 Å². The van der Waals surface area contributed by atoms with E-state index in [1.165, 1.54) is 11.7 Å². The number of carbonyl (C=O) groups is 1. The van der Waals surface area contributed by atoms with Gasteiger partial charge in [-0.15, -0.1) is 0 Å². The Kier molecular flexibility index (Phi) is 3.14. The lowest BCUT2D eigenvalue weighted by atomic mass is 10.1. The van der Waals surface area contributed by atoms with Crippen molar-refractivity contribution in [1.82, 2.24) is 13.6 Å². The minimum atomic E-state index is 0.0555. The Morgan fingerprint density at radius 2 is 1.94 bits per heavy atom. The SMILES string of the molecule is CCN(CC)C(=O)c1ccc2nsnc2c1. The molecule has 1 aromatic heterocycles. The Labute approximate surface area is 98.2 Å². The van der Waals surface area contributed by atoms with Crippen LogP contribution < -0.4 is 0 Å². The minimum Gasteiger partial charge on any atom is -0.339 e. The number of rotatable bonds is 3. The molecule has 84 valence electrons. The fourth-order valence-corrected chi connectivity index (χ4v) is 2.13. The normalized spacial score (nSPS) is 10.6. The van der Waals surface area contributed by atoms with Gasteiger partial charge < -0.3 is 4.90 Å². The molecule has 0 atom stereocenters. The Morgan fingerprint density at radius 1 is 1.25 bits per heavy atom. The maximum atomic E-state index is 12.1. The van der Waals surface area contributed by atoms with Crippen molar-refractivity contribution in [2.75, 3.05) is 13.1 Å². The molecule has 0 radical (unpaired) electrons. The van der Waals surface area contributed by atoms with Gasteiger partial charge in [0.1, 0.15) is 11.0 Å². The molecule has 4 nitrogen and oxygen atoms in total. The summed E-state index contributed by atoms with van der Waals surface area (Å²) in [6.07, 6.45) is 0. The zero-order valence-corrected chi connectivity index (χ0v) is 10.1. The van der Waals surface area contributed by atoms with E-state index in [-0.39, 0.29) is 5.91 Å². The molecule has 0 aliphatic rings. The molecule has 5 heteroatoms. The lowest BCUT2D eigenvalue weighted by molar-refractivity contribution is 0.0773. The molecule has 1 heterocycles. The fraction of sp³-hybridized carbons (Fsp3) is 0.364. The predicted molar refractivity (Wildman–Crippen MR) is 64.7 cm³/mol. The third-order valence-electron chi connectivity index (χ3n) is 2.55. The minimum absolute atomic E-state index is 0.0555. The van der Waals surface area contributed by atoms with E-state index >= 15 is 0 Å². The lowest BCUT2D eigenvalue weighted by Crippen LogP contribution is -2.30. The van der Waals surface area contributed by atoms with Crippen molar-refractivity contribution in [3.63, 3.8) is 0 Å².